The summed E-state index contributed by atoms with van der Waals surface area (Å²) >= 11 is 12.2. The molecule has 0 bridgehead atoms. The minimum absolute atomic E-state index is 0.504. The summed E-state index contributed by atoms with van der Waals surface area (Å²) in [5.74, 6) is 0.610. The molecule has 1 saturated carbocycles. The molecule has 2 aromatic carbocycles. The number of nitrogens with one attached hydrogen (secondary N) is 1. The molecule has 3 rings (SSSR count). The monoisotopic (exact) mass is 291 g/mol. The maximum Gasteiger partial charge on any atom is 0.0637 e. The lowest BCUT2D eigenvalue weighted by Crippen LogP contribution is -2.34. The highest BCUT2D eigenvalue weighted by molar-refractivity contribution is 6.33. The van der Waals surface area contributed by atoms with Gasteiger partial charge in [0.2, 0.25) is 0 Å². The average molecular weight is 292 g/mol. The number of anilines is 1. The molecule has 19 heavy (non-hydrogen) atoms. The highest BCUT2D eigenvalue weighted by atomic mass is 35.5. The van der Waals surface area contributed by atoms with Crippen molar-refractivity contribution in [1.82, 2.24) is 0 Å². The largest absolute Gasteiger partial charge is 0.381 e. The number of benzene rings is 2. The average Bonchev–Trinajstić information content (AvgIpc) is 2.35. The topological polar surface area (TPSA) is 12.0 Å². The van der Waals surface area contributed by atoms with Crippen LogP contribution in [-0.2, 0) is 0 Å². The third-order valence-electron chi connectivity index (χ3n) is 3.69. The SMILES string of the molecule is Clc1cccc(C2CC(Nc3ccccc3Cl)C2)c1. The first-order valence-electron chi connectivity index (χ1n) is 6.49. The van der Waals surface area contributed by atoms with E-state index in [4.69, 9.17) is 23.2 Å². The molecule has 0 aromatic heterocycles. The maximum atomic E-state index is 6.14. The molecule has 98 valence electrons. The molecule has 0 radical (unpaired) electrons. The predicted molar refractivity (Wildman–Crippen MR) is 82.3 cm³/mol. The van der Waals surface area contributed by atoms with Gasteiger partial charge in [-0.1, -0.05) is 47.5 Å². The Balaban J connectivity index is 1.60. The molecule has 0 aliphatic heterocycles. The Bertz CT molecular complexity index is 576. The van der Waals surface area contributed by atoms with Gasteiger partial charge >= 0.3 is 0 Å². The molecule has 0 spiro atoms. The van der Waals surface area contributed by atoms with Crippen molar-refractivity contribution >= 4 is 28.9 Å². The van der Waals surface area contributed by atoms with E-state index >= 15 is 0 Å². The smallest absolute Gasteiger partial charge is 0.0637 e. The van der Waals surface area contributed by atoms with Crippen LogP contribution in [0.5, 0.6) is 0 Å². The standard InChI is InChI=1S/C16H15Cl2N/c17-13-5-3-4-11(8-13)12-9-14(10-12)19-16-7-2-1-6-15(16)18/h1-8,12,14,19H,9-10H2. The molecular formula is C16H15Cl2N. The Morgan fingerprint density at radius 1 is 0.947 bits per heavy atom. The fourth-order valence-electron chi connectivity index (χ4n) is 2.57. The van der Waals surface area contributed by atoms with E-state index in [1.165, 1.54) is 5.56 Å². The molecule has 0 heterocycles. The number of rotatable bonds is 3. The molecule has 1 N–H and O–H groups in total. The summed E-state index contributed by atoms with van der Waals surface area (Å²) in [5.41, 5.74) is 2.36. The minimum Gasteiger partial charge on any atom is -0.381 e. The highest BCUT2D eigenvalue weighted by Crippen LogP contribution is 2.39. The van der Waals surface area contributed by atoms with Crippen molar-refractivity contribution in [1.29, 1.82) is 0 Å². The number of hydrogen-bond acceptors (Lipinski definition) is 1. The van der Waals surface area contributed by atoms with Crippen molar-refractivity contribution in [2.75, 3.05) is 5.32 Å². The van der Waals surface area contributed by atoms with Crippen LogP contribution in [-0.4, -0.2) is 6.04 Å². The van der Waals surface area contributed by atoms with Gasteiger partial charge in [0.1, 0.15) is 0 Å². The van der Waals surface area contributed by atoms with Crippen LogP contribution >= 0.6 is 23.2 Å². The van der Waals surface area contributed by atoms with Crippen LogP contribution in [0.4, 0.5) is 5.69 Å². The van der Waals surface area contributed by atoms with Crippen LogP contribution in [0.2, 0.25) is 10.0 Å². The lowest BCUT2D eigenvalue weighted by Gasteiger charge is -2.37. The number of para-hydroxylation sites is 1. The summed E-state index contributed by atoms with van der Waals surface area (Å²) in [6.45, 7) is 0. The second kappa shape index (κ2) is 5.44. The zero-order valence-electron chi connectivity index (χ0n) is 10.4. The van der Waals surface area contributed by atoms with Crippen LogP contribution in [0, 0.1) is 0 Å². The van der Waals surface area contributed by atoms with Gasteiger partial charge in [0.15, 0.2) is 0 Å². The van der Waals surface area contributed by atoms with Crippen LogP contribution in [0.1, 0.15) is 24.3 Å². The van der Waals surface area contributed by atoms with Gasteiger partial charge in [-0.2, -0.15) is 0 Å². The van der Waals surface area contributed by atoms with Gasteiger partial charge in [-0.25, -0.2) is 0 Å². The summed E-state index contributed by atoms with van der Waals surface area (Å²) in [5, 5.41) is 5.10. The van der Waals surface area contributed by atoms with Gasteiger partial charge in [-0.05, 0) is 48.6 Å². The first-order chi connectivity index (χ1) is 9.22. The van der Waals surface area contributed by atoms with Gasteiger partial charge in [-0.3, -0.25) is 0 Å². The van der Waals surface area contributed by atoms with Gasteiger partial charge in [0, 0.05) is 11.1 Å². The van der Waals surface area contributed by atoms with Crippen LogP contribution < -0.4 is 5.32 Å². The van der Waals surface area contributed by atoms with Crippen molar-refractivity contribution in [3.05, 3.63) is 64.1 Å². The van der Waals surface area contributed by atoms with Gasteiger partial charge < -0.3 is 5.32 Å². The molecular weight excluding hydrogens is 277 g/mol. The zero-order chi connectivity index (χ0) is 13.2. The van der Waals surface area contributed by atoms with Crippen molar-refractivity contribution in [3.63, 3.8) is 0 Å². The van der Waals surface area contributed by atoms with E-state index in [1.54, 1.807) is 0 Å². The molecule has 1 fully saturated rings. The normalized spacial score (nSPS) is 21.8. The Morgan fingerprint density at radius 3 is 2.47 bits per heavy atom. The van der Waals surface area contributed by atoms with Crippen molar-refractivity contribution in [3.8, 4) is 0 Å². The third kappa shape index (κ3) is 2.88. The Hall–Kier alpha value is -1.18. The van der Waals surface area contributed by atoms with Gasteiger partial charge in [0.25, 0.3) is 0 Å². The molecule has 3 heteroatoms. The highest BCUT2D eigenvalue weighted by Gasteiger charge is 2.30. The molecule has 0 amide bonds. The Kier molecular flexibility index (Phi) is 3.67. The lowest BCUT2D eigenvalue weighted by atomic mass is 9.76. The molecule has 2 aromatic rings. The molecule has 1 aliphatic carbocycles. The fraction of sp³-hybridized carbons (Fsp3) is 0.250. The Labute approximate surface area is 123 Å². The number of halogens is 2. The van der Waals surface area contributed by atoms with E-state index in [0.29, 0.717) is 12.0 Å². The first-order valence-corrected chi connectivity index (χ1v) is 7.24. The van der Waals surface area contributed by atoms with E-state index in [2.05, 4.69) is 17.4 Å². The van der Waals surface area contributed by atoms with Crippen LogP contribution in [0.15, 0.2) is 48.5 Å². The van der Waals surface area contributed by atoms with E-state index < -0.39 is 0 Å². The van der Waals surface area contributed by atoms with Gasteiger partial charge in [0.05, 0.1) is 10.7 Å². The summed E-state index contributed by atoms with van der Waals surface area (Å²) in [7, 11) is 0. The molecule has 0 saturated heterocycles. The quantitative estimate of drug-likeness (QED) is 0.804. The van der Waals surface area contributed by atoms with E-state index in [0.717, 1.165) is 28.6 Å². The molecule has 1 nitrogen and oxygen atoms in total. The first kappa shape index (κ1) is 12.8. The zero-order valence-corrected chi connectivity index (χ0v) is 12.0. The second-order valence-electron chi connectivity index (χ2n) is 5.04. The molecule has 0 unspecified atom stereocenters. The molecule has 0 atom stereocenters. The predicted octanol–water partition coefficient (Wildman–Crippen LogP) is 5.35. The summed E-state index contributed by atoms with van der Waals surface area (Å²) in [6.07, 6.45) is 2.26. The second-order valence-corrected chi connectivity index (χ2v) is 5.89. The number of hydrogen-bond donors (Lipinski definition) is 1. The molecule has 1 aliphatic rings. The summed E-state index contributed by atoms with van der Waals surface area (Å²) in [6, 6.07) is 16.6. The minimum atomic E-state index is 0.504. The fourth-order valence-corrected chi connectivity index (χ4v) is 2.96. The van der Waals surface area contributed by atoms with Crippen molar-refractivity contribution in [2.24, 2.45) is 0 Å². The van der Waals surface area contributed by atoms with E-state index in [-0.39, 0.29) is 0 Å². The third-order valence-corrected chi connectivity index (χ3v) is 4.26. The maximum absolute atomic E-state index is 6.14. The van der Waals surface area contributed by atoms with E-state index in [9.17, 15) is 0 Å². The van der Waals surface area contributed by atoms with Gasteiger partial charge in [-0.15, -0.1) is 0 Å². The van der Waals surface area contributed by atoms with Crippen molar-refractivity contribution < 1.29 is 0 Å². The summed E-state index contributed by atoms with van der Waals surface area (Å²) in [4.78, 5) is 0. The lowest BCUT2D eigenvalue weighted by molar-refractivity contribution is 0.374. The van der Waals surface area contributed by atoms with Crippen LogP contribution in [0.25, 0.3) is 0 Å². The summed E-state index contributed by atoms with van der Waals surface area (Å²) < 4.78 is 0. The van der Waals surface area contributed by atoms with Crippen molar-refractivity contribution in [2.45, 2.75) is 24.8 Å². The Morgan fingerprint density at radius 2 is 1.74 bits per heavy atom. The van der Waals surface area contributed by atoms with E-state index in [1.807, 2.05) is 36.4 Å². The van der Waals surface area contributed by atoms with Crippen LogP contribution in [0.3, 0.4) is 0 Å².